The van der Waals surface area contributed by atoms with Gasteiger partial charge in [0.1, 0.15) is 0 Å². The molecule has 0 fully saturated rings. The molecular formula is C17H25NO. The predicted molar refractivity (Wildman–Crippen MR) is 81.7 cm³/mol. The highest BCUT2D eigenvalue weighted by Crippen LogP contribution is 2.22. The topological polar surface area (TPSA) is 14.2 Å². The molecule has 0 saturated carbocycles. The molecule has 0 saturated heterocycles. The molecule has 0 spiro atoms. The van der Waals surface area contributed by atoms with Gasteiger partial charge < -0.3 is 9.30 Å². The average Bonchev–Trinajstić information content (AvgIpc) is 2.76. The van der Waals surface area contributed by atoms with Gasteiger partial charge in [-0.25, -0.2) is 0 Å². The van der Waals surface area contributed by atoms with Gasteiger partial charge in [-0.05, 0) is 41.0 Å². The maximum Gasteiger partial charge on any atom is 0.0645 e. The quantitative estimate of drug-likeness (QED) is 0.700. The van der Waals surface area contributed by atoms with Crippen LogP contribution < -0.4 is 0 Å². The van der Waals surface area contributed by atoms with E-state index in [1.165, 1.54) is 16.5 Å². The number of ether oxygens (including phenoxy) is 1. The highest BCUT2D eigenvalue weighted by molar-refractivity contribution is 5.81. The van der Waals surface area contributed by atoms with Gasteiger partial charge in [0.05, 0.1) is 6.61 Å². The molecule has 0 N–H and O–H groups in total. The van der Waals surface area contributed by atoms with Crippen LogP contribution in [0.1, 0.15) is 39.2 Å². The average molecular weight is 259 g/mol. The molecule has 19 heavy (non-hydrogen) atoms. The van der Waals surface area contributed by atoms with E-state index in [1.54, 1.807) is 0 Å². The predicted octanol–water partition coefficient (Wildman–Crippen LogP) is 4.44. The van der Waals surface area contributed by atoms with E-state index in [0.717, 1.165) is 19.8 Å². The summed E-state index contributed by atoms with van der Waals surface area (Å²) in [6.45, 7) is 11.4. The highest BCUT2D eigenvalue weighted by atomic mass is 16.5. The molecule has 0 amide bonds. The van der Waals surface area contributed by atoms with Crippen molar-refractivity contribution in [1.29, 1.82) is 0 Å². The molecule has 2 heteroatoms. The number of rotatable bonds is 6. The molecule has 0 aliphatic rings. The Morgan fingerprint density at radius 1 is 1.11 bits per heavy atom. The van der Waals surface area contributed by atoms with Crippen molar-refractivity contribution in [2.75, 3.05) is 13.2 Å². The number of aromatic nitrogens is 1. The molecule has 104 valence electrons. The van der Waals surface area contributed by atoms with Crippen molar-refractivity contribution >= 4 is 10.9 Å². The lowest BCUT2D eigenvalue weighted by atomic mass is 10.0. The lowest BCUT2D eigenvalue weighted by Crippen LogP contribution is -2.08. The third-order valence-corrected chi connectivity index (χ3v) is 3.39. The maximum atomic E-state index is 5.66. The van der Waals surface area contributed by atoms with Crippen molar-refractivity contribution in [2.24, 2.45) is 5.92 Å². The van der Waals surface area contributed by atoms with E-state index in [1.807, 2.05) is 0 Å². The second-order valence-corrected chi connectivity index (χ2v) is 5.95. The fourth-order valence-electron chi connectivity index (χ4n) is 2.25. The molecule has 2 rings (SSSR count). The summed E-state index contributed by atoms with van der Waals surface area (Å²) in [7, 11) is 0. The first-order chi connectivity index (χ1) is 9.08. The van der Waals surface area contributed by atoms with Gasteiger partial charge in [0.25, 0.3) is 0 Å². The number of fused-ring (bicyclic) bond motifs is 1. The minimum absolute atomic E-state index is 0.585. The summed E-state index contributed by atoms with van der Waals surface area (Å²) in [6.07, 6.45) is 2.16. The van der Waals surface area contributed by atoms with Crippen molar-refractivity contribution in [3.63, 3.8) is 0 Å². The fraction of sp³-hybridized carbons (Fsp3) is 0.529. The third kappa shape index (κ3) is 3.60. The zero-order chi connectivity index (χ0) is 13.8. The zero-order valence-electron chi connectivity index (χ0n) is 12.5. The minimum atomic E-state index is 0.585. The number of hydrogen-bond acceptors (Lipinski definition) is 1. The molecule has 1 aromatic carbocycles. The van der Waals surface area contributed by atoms with Crippen LogP contribution in [-0.2, 0) is 11.3 Å². The summed E-state index contributed by atoms with van der Waals surface area (Å²) in [4.78, 5) is 0. The van der Waals surface area contributed by atoms with Crippen LogP contribution in [0.4, 0.5) is 0 Å². The van der Waals surface area contributed by atoms with E-state index in [0.29, 0.717) is 11.8 Å². The van der Waals surface area contributed by atoms with Crippen molar-refractivity contribution in [3.05, 3.63) is 36.0 Å². The van der Waals surface area contributed by atoms with E-state index < -0.39 is 0 Å². The number of nitrogens with zero attached hydrogens (tertiary/aromatic N) is 1. The highest BCUT2D eigenvalue weighted by Gasteiger charge is 2.04. The van der Waals surface area contributed by atoms with Gasteiger partial charge in [-0.15, -0.1) is 0 Å². The van der Waals surface area contributed by atoms with Crippen LogP contribution in [0.3, 0.4) is 0 Å². The van der Waals surface area contributed by atoms with Crippen LogP contribution in [0.2, 0.25) is 0 Å². The largest absolute Gasteiger partial charge is 0.379 e. The molecular weight excluding hydrogens is 234 g/mol. The van der Waals surface area contributed by atoms with Crippen molar-refractivity contribution in [2.45, 2.75) is 40.2 Å². The first-order valence-corrected chi connectivity index (χ1v) is 7.24. The van der Waals surface area contributed by atoms with E-state index >= 15 is 0 Å². The Balaban J connectivity index is 2.04. The van der Waals surface area contributed by atoms with E-state index in [4.69, 9.17) is 4.74 Å². The van der Waals surface area contributed by atoms with E-state index in [9.17, 15) is 0 Å². The van der Waals surface area contributed by atoms with Gasteiger partial charge in [-0.1, -0.05) is 33.8 Å². The Hall–Kier alpha value is -1.28. The van der Waals surface area contributed by atoms with Crippen LogP contribution in [-0.4, -0.2) is 17.8 Å². The summed E-state index contributed by atoms with van der Waals surface area (Å²) in [5.41, 5.74) is 2.71. The lowest BCUT2D eigenvalue weighted by Gasteiger charge is -2.09. The fourth-order valence-corrected chi connectivity index (χ4v) is 2.25. The standard InChI is InChI=1S/C17H25NO/c1-13(2)12-19-10-9-18-8-7-16-11-15(14(3)4)5-6-17(16)18/h5-8,11,13-14H,9-10,12H2,1-4H3. The SMILES string of the molecule is CC(C)COCCn1ccc2cc(C(C)C)ccc21. The number of benzene rings is 1. The van der Waals surface area contributed by atoms with Crippen LogP contribution in [0, 0.1) is 5.92 Å². The lowest BCUT2D eigenvalue weighted by molar-refractivity contribution is 0.104. The summed E-state index contributed by atoms with van der Waals surface area (Å²) < 4.78 is 7.94. The number of hydrogen-bond donors (Lipinski definition) is 0. The minimum Gasteiger partial charge on any atom is -0.379 e. The first kappa shape index (κ1) is 14.1. The third-order valence-electron chi connectivity index (χ3n) is 3.39. The zero-order valence-corrected chi connectivity index (χ0v) is 12.5. The Bertz CT molecular complexity index is 525. The summed E-state index contributed by atoms with van der Waals surface area (Å²) in [5.74, 6) is 1.19. The molecule has 1 heterocycles. The summed E-state index contributed by atoms with van der Waals surface area (Å²) in [6, 6.07) is 8.96. The maximum absolute atomic E-state index is 5.66. The van der Waals surface area contributed by atoms with Crippen LogP contribution in [0.15, 0.2) is 30.5 Å². The monoisotopic (exact) mass is 259 g/mol. The Labute approximate surface area is 116 Å². The van der Waals surface area contributed by atoms with Gasteiger partial charge in [0.2, 0.25) is 0 Å². The van der Waals surface area contributed by atoms with Gasteiger partial charge in [-0.2, -0.15) is 0 Å². The van der Waals surface area contributed by atoms with Crippen molar-refractivity contribution in [3.8, 4) is 0 Å². The molecule has 2 aromatic rings. The van der Waals surface area contributed by atoms with Crippen LogP contribution in [0.25, 0.3) is 10.9 Å². The Morgan fingerprint density at radius 3 is 2.58 bits per heavy atom. The van der Waals surface area contributed by atoms with Crippen molar-refractivity contribution in [1.82, 2.24) is 4.57 Å². The van der Waals surface area contributed by atoms with E-state index in [-0.39, 0.29) is 0 Å². The van der Waals surface area contributed by atoms with Gasteiger partial charge in [0.15, 0.2) is 0 Å². The van der Waals surface area contributed by atoms with Crippen molar-refractivity contribution < 1.29 is 4.74 Å². The molecule has 0 aliphatic carbocycles. The second kappa shape index (κ2) is 6.25. The summed E-state index contributed by atoms with van der Waals surface area (Å²) >= 11 is 0. The molecule has 0 atom stereocenters. The van der Waals surface area contributed by atoms with Crippen LogP contribution >= 0.6 is 0 Å². The molecule has 0 unspecified atom stereocenters. The molecule has 2 nitrogen and oxygen atoms in total. The second-order valence-electron chi connectivity index (χ2n) is 5.95. The summed E-state index contributed by atoms with van der Waals surface area (Å²) in [5, 5.41) is 1.33. The molecule has 0 bridgehead atoms. The van der Waals surface area contributed by atoms with E-state index in [2.05, 4.69) is 62.7 Å². The Kier molecular flexibility index (Phi) is 4.65. The Morgan fingerprint density at radius 2 is 1.89 bits per heavy atom. The first-order valence-electron chi connectivity index (χ1n) is 7.24. The molecule has 0 radical (unpaired) electrons. The van der Waals surface area contributed by atoms with Gasteiger partial charge >= 0.3 is 0 Å². The van der Waals surface area contributed by atoms with Crippen LogP contribution in [0.5, 0.6) is 0 Å². The normalized spacial score (nSPS) is 11.9. The van der Waals surface area contributed by atoms with Gasteiger partial charge in [0, 0.05) is 24.9 Å². The van der Waals surface area contributed by atoms with Gasteiger partial charge in [-0.3, -0.25) is 0 Å². The molecule has 1 aromatic heterocycles. The molecule has 0 aliphatic heterocycles. The smallest absolute Gasteiger partial charge is 0.0645 e.